The fourth-order valence-corrected chi connectivity index (χ4v) is 3.55. The molecule has 1 saturated heterocycles. The summed E-state index contributed by atoms with van der Waals surface area (Å²) in [5.74, 6) is 2.23. The van der Waals surface area contributed by atoms with Gasteiger partial charge < -0.3 is 19.7 Å². The van der Waals surface area contributed by atoms with Crippen molar-refractivity contribution in [1.29, 1.82) is 0 Å². The Hall–Kier alpha value is -2.24. The van der Waals surface area contributed by atoms with Crippen LogP contribution in [-0.4, -0.2) is 50.1 Å². The van der Waals surface area contributed by atoms with E-state index in [4.69, 9.17) is 9.47 Å². The van der Waals surface area contributed by atoms with Gasteiger partial charge in [0.2, 0.25) is 11.8 Å². The second kappa shape index (κ2) is 8.92. The molecule has 6 nitrogen and oxygen atoms in total. The van der Waals surface area contributed by atoms with Gasteiger partial charge in [0.1, 0.15) is 11.5 Å². The molecule has 0 spiro atoms. The van der Waals surface area contributed by atoms with Gasteiger partial charge in [-0.1, -0.05) is 6.07 Å². The molecule has 2 aliphatic heterocycles. The van der Waals surface area contributed by atoms with Crippen LogP contribution in [0.25, 0.3) is 0 Å². The van der Waals surface area contributed by atoms with E-state index in [-0.39, 0.29) is 17.7 Å². The largest absolute Gasteiger partial charge is 0.497 e. The summed E-state index contributed by atoms with van der Waals surface area (Å²) in [5.41, 5.74) is 1.15. The number of fused-ring (bicyclic) bond motifs is 1. The van der Waals surface area contributed by atoms with Crippen molar-refractivity contribution in [2.45, 2.75) is 38.5 Å². The number of hydrogen-bond acceptors (Lipinski definition) is 4. The van der Waals surface area contributed by atoms with Crippen molar-refractivity contribution in [1.82, 2.24) is 10.2 Å². The number of carbonyl (C=O) groups is 2. The van der Waals surface area contributed by atoms with E-state index in [1.807, 2.05) is 23.1 Å². The predicted molar refractivity (Wildman–Crippen MR) is 98.4 cm³/mol. The lowest BCUT2D eigenvalue weighted by atomic mass is 9.96. The first kappa shape index (κ1) is 18.5. The second-order valence-electron chi connectivity index (χ2n) is 7.10. The molecule has 142 valence electrons. The highest BCUT2D eigenvalue weighted by atomic mass is 16.5. The first-order valence-electron chi connectivity index (χ1n) is 9.50. The van der Waals surface area contributed by atoms with Crippen molar-refractivity contribution in [3.63, 3.8) is 0 Å². The molecule has 0 radical (unpaired) electrons. The molecule has 0 aliphatic carbocycles. The summed E-state index contributed by atoms with van der Waals surface area (Å²) in [6, 6.07) is 5.87. The summed E-state index contributed by atoms with van der Waals surface area (Å²) in [7, 11) is 1.64. The zero-order valence-electron chi connectivity index (χ0n) is 15.5. The highest BCUT2D eigenvalue weighted by Gasteiger charge is 2.21. The highest BCUT2D eigenvalue weighted by Crippen LogP contribution is 2.30. The van der Waals surface area contributed by atoms with Gasteiger partial charge in [0.05, 0.1) is 13.7 Å². The summed E-state index contributed by atoms with van der Waals surface area (Å²) >= 11 is 0. The molecular formula is C20H28N2O4. The number of methoxy groups -OCH3 is 1. The summed E-state index contributed by atoms with van der Waals surface area (Å²) in [5, 5.41) is 3.01. The maximum atomic E-state index is 12.1. The second-order valence-corrected chi connectivity index (χ2v) is 7.10. The maximum absolute atomic E-state index is 12.1. The van der Waals surface area contributed by atoms with Crippen molar-refractivity contribution in [3.05, 3.63) is 23.8 Å². The van der Waals surface area contributed by atoms with E-state index >= 15 is 0 Å². The van der Waals surface area contributed by atoms with Gasteiger partial charge in [-0.05, 0) is 37.3 Å². The van der Waals surface area contributed by atoms with Gasteiger partial charge in [0.15, 0.2) is 0 Å². The number of amides is 2. The molecule has 1 fully saturated rings. The molecule has 1 atom stereocenters. The number of nitrogens with zero attached hydrogens (tertiary/aromatic N) is 1. The third kappa shape index (κ3) is 4.90. The quantitative estimate of drug-likeness (QED) is 0.809. The number of piperidine rings is 1. The van der Waals surface area contributed by atoms with E-state index in [1.54, 1.807) is 7.11 Å². The van der Waals surface area contributed by atoms with Crippen molar-refractivity contribution in [3.8, 4) is 11.5 Å². The number of likely N-dealkylation sites (tertiary alicyclic amines) is 1. The van der Waals surface area contributed by atoms with Crippen LogP contribution in [0.15, 0.2) is 18.2 Å². The SMILES string of the molecule is COc1ccc2c(c1)OCC(CNC(=O)CCCN1CCCCC1=O)C2. The fourth-order valence-electron chi connectivity index (χ4n) is 3.55. The Labute approximate surface area is 154 Å². The van der Waals surface area contributed by atoms with E-state index in [9.17, 15) is 9.59 Å². The number of carbonyl (C=O) groups excluding carboxylic acids is 2. The summed E-state index contributed by atoms with van der Waals surface area (Å²) in [4.78, 5) is 25.7. The molecule has 2 heterocycles. The monoisotopic (exact) mass is 360 g/mol. The van der Waals surface area contributed by atoms with Crippen molar-refractivity contribution < 1.29 is 19.1 Å². The van der Waals surface area contributed by atoms with Crippen LogP contribution >= 0.6 is 0 Å². The summed E-state index contributed by atoms with van der Waals surface area (Å²) in [6.45, 7) is 2.74. The first-order valence-corrected chi connectivity index (χ1v) is 9.50. The van der Waals surface area contributed by atoms with E-state index in [0.29, 0.717) is 32.5 Å². The summed E-state index contributed by atoms with van der Waals surface area (Å²) in [6.07, 6.45) is 4.80. The smallest absolute Gasteiger partial charge is 0.222 e. The fraction of sp³-hybridized carbons (Fsp3) is 0.600. The Morgan fingerprint density at radius 2 is 2.27 bits per heavy atom. The van der Waals surface area contributed by atoms with E-state index in [0.717, 1.165) is 49.3 Å². The number of rotatable bonds is 7. The molecule has 3 rings (SSSR count). The molecule has 1 aromatic carbocycles. The molecule has 1 unspecified atom stereocenters. The Balaban J connectivity index is 1.36. The number of nitrogens with one attached hydrogen (secondary N) is 1. The van der Waals surface area contributed by atoms with Gasteiger partial charge in [-0.15, -0.1) is 0 Å². The Bertz CT molecular complexity index is 647. The van der Waals surface area contributed by atoms with Crippen LogP contribution in [0.2, 0.25) is 0 Å². The standard InChI is InChI=1S/C20H28N2O4/c1-25-17-8-7-16-11-15(14-26-18(16)12-17)13-21-19(23)5-4-10-22-9-3-2-6-20(22)24/h7-8,12,15H,2-6,9-11,13-14H2,1H3,(H,21,23). The van der Waals surface area contributed by atoms with Crippen LogP contribution in [0.1, 0.15) is 37.7 Å². The lowest BCUT2D eigenvalue weighted by Gasteiger charge is -2.27. The normalized spacial score (nSPS) is 19.5. The molecule has 0 bridgehead atoms. The van der Waals surface area contributed by atoms with Crippen LogP contribution in [0.4, 0.5) is 0 Å². The van der Waals surface area contributed by atoms with Crippen molar-refractivity contribution >= 4 is 11.8 Å². The highest BCUT2D eigenvalue weighted by molar-refractivity contribution is 5.77. The third-order valence-corrected chi connectivity index (χ3v) is 5.10. The van der Waals surface area contributed by atoms with E-state index < -0.39 is 0 Å². The molecule has 1 aromatic rings. The first-order chi connectivity index (χ1) is 12.7. The predicted octanol–water partition coefficient (Wildman–Crippen LogP) is 2.16. The van der Waals surface area contributed by atoms with Gasteiger partial charge in [-0.2, -0.15) is 0 Å². The van der Waals surface area contributed by atoms with Gasteiger partial charge in [0.25, 0.3) is 0 Å². The average Bonchev–Trinajstić information content (AvgIpc) is 2.67. The van der Waals surface area contributed by atoms with Crippen LogP contribution in [0.3, 0.4) is 0 Å². The zero-order chi connectivity index (χ0) is 18.4. The van der Waals surface area contributed by atoms with Crippen LogP contribution in [0, 0.1) is 5.92 Å². The van der Waals surface area contributed by atoms with Crippen molar-refractivity contribution in [2.75, 3.05) is 33.4 Å². The Morgan fingerprint density at radius 3 is 3.08 bits per heavy atom. The molecule has 2 aliphatic rings. The van der Waals surface area contributed by atoms with E-state index in [2.05, 4.69) is 5.32 Å². The molecule has 0 aromatic heterocycles. The zero-order valence-corrected chi connectivity index (χ0v) is 15.5. The van der Waals surface area contributed by atoms with Gasteiger partial charge in [-0.25, -0.2) is 0 Å². The van der Waals surface area contributed by atoms with Crippen LogP contribution in [-0.2, 0) is 16.0 Å². The van der Waals surface area contributed by atoms with Crippen LogP contribution < -0.4 is 14.8 Å². The molecule has 26 heavy (non-hydrogen) atoms. The number of ether oxygens (including phenoxy) is 2. The van der Waals surface area contributed by atoms with Crippen LogP contribution in [0.5, 0.6) is 11.5 Å². The lowest BCUT2D eigenvalue weighted by molar-refractivity contribution is -0.133. The molecule has 2 amide bonds. The topological polar surface area (TPSA) is 67.9 Å². The Kier molecular flexibility index (Phi) is 6.36. The van der Waals surface area contributed by atoms with Crippen molar-refractivity contribution in [2.24, 2.45) is 5.92 Å². The third-order valence-electron chi connectivity index (χ3n) is 5.10. The summed E-state index contributed by atoms with van der Waals surface area (Å²) < 4.78 is 11.0. The minimum Gasteiger partial charge on any atom is -0.497 e. The average molecular weight is 360 g/mol. The molecule has 6 heteroatoms. The molecule has 1 N–H and O–H groups in total. The minimum absolute atomic E-state index is 0.0509. The Morgan fingerprint density at radius 1 is 1.38 bits per heavy atom. The maximum Gasteiger partial charge on any atom is 0.222 e. The van der Waals surface area contributed by atoms with Gasteiger partial charge >= 0.3 is 0 Å². The molecular weight excluding hydrogens is 332 g/mol. The number of hydrogen-bond donors (Lipinski definition) is 1. The minimum atomic E-state index is 0.0509. The van der Waals surface area contributed by atoms with Gasteiger partial charge in [0, 0.05) is 44.5 Å². The molecule has 0 saturated carbocycles. The lowest BCUT2D eigenvalue weighted by Crippen LogP contribution is -2.37. The number of benzene rings is 1. The van der Waals surface area contributed by atoms with E-state index in [1.165, 1.54) is 0 Å². The van der Waals surface area contributed by atoms with Gasteiger partial charge in [-0.3, -0.25) is 9.59 Å².